The smallest absolute Gasteiger partial charge is 0.220 e. The molecule has 4 heteroatoms. The van der Waals surface area contributed by atoms with Crippen molar-refractivity contribution < 1.29 is 4.79 Å². The summed E-state index contributed by atoms with van der Waals surface area (Å²) < 4.78 is 0. The van der Waals surface area contributed by atoms with Crippen LogP contribution < -0.4 is 11.1 Å². The third-order valence-electron chi connectivity index (χ3n) is 4.73. The first-order chi connectivity index (χ1) is 16.7. The standard InChI is InChI=1S/C10H17NOS.C8H14.C6H12.C6H10.C4H11N/c1-10(2,3)9-8-6(5-13-9)4-7(12)11-8;1-5-6-7-8(2,3)4;2*1-5-6(2,3)4;1-4(2,3)5/h6,8-9H,4-5H2,1-3H3,(H,11,12);5-7H,1H2,2-4H3;5H,1H2,2-4H3;1H,2-4H3;5H2,1-3H3/b;7-6-;;;. The average Bonchev–Trinajstić information content (AvgIpc) is 3.23. The lowest BCUT2D eigenvalue weighted by Gasteiger charge is -2.30. The van der Waals surface area contributed by atoms with Crippen LogP contribution in [-0.2, 0) is 4.79 Å². The first-order valence-corrected chi connectivity index (χ1v) is 14.8. The molecule has 3 nitrogen and oxygen atoms in total. The van der Waals surface area contributed by atoms with Gasteiger partial charge in [0.15, 0.2) is 0 Å². The van der Waals surface area contributed by atoms with Crippen molar-refractivity contribution in [3.63, 3.8) is 0 Å². The molecule has 38 heavy (non-hydrogen) atoms. The first-order valence-electron chi connectivity index (χ1n) is 13.8. The maximum absolute atomic E-state index is 11.2. The second-order valence-corrected chi connectivity index (χ2v) is 16.6. The summed E-state index contributed by atoms with van der Waals surface area (Å²) in [6, 6.07) is 0.442. The van der Waals surface area contributed by atoms with Crippen LogP contribution in [0.3, 0.4) is 0 Å². The molecule has 222 valence electrons. The van der Waals surface area contributed by atoms with Crippen LogP contribution in [0.2, 0.25) is 0 Å². The first kappa shape index (κ1) is 41.0. The number of carbonyl (C=O) groups excluding carboxylic acids is 1. The molecule has 3 atom stereocenters. The van der Waals surface area contributed by atoms with Crippen LogP contribution in [0.15, 0.2) is 37.5 Å². The minimum Gasteiger partial charge on any atom is -0.352 e. The highest BCUT2D eigenvalue weighted by Crippen LogP contribution is 2.45. The zero-order valence-electron chi connectivity index (χ0n) is 27.8. The highest BCUT2D eigenvalue weighted by atomic mass is 32.2. The number of thioether (sulfide) groups is 1. The van der Waals surface area contributed by atoms with E-state index in [1.165, 1.54) is 0 Å². The molecular formula is C34H64N2OS. The zero-order chi connectivity index (χ0) is 31.2. The van der Waals surface area contributed by atoms with Gasteiger partial charge >= 0.3 is 0 Å². The third-order valence-corrected chi connectivity index (χ3v) is 6.71. The van der Waals surface area contributed by atoms with Gasteiger partial charge in [-0.3, -0.25) is 4.79 Å². The van der Waals surface area contributed by atoms with Crippen molar-refractivity contribution >= 4 is 17.7 Å². The van der Waals surface area contributed by atoms with Crippen LogP contribution in [0.25, 0.3) is 0 Å². The minimum atomic E-state index is 0. The summed E-state index contributed by atoms with van der Waals surface area (Å²) in [6.45, 7) is 38.8. The van der Waals surface area contributed by atoms with Gasteiger partial charge in [-0.15, -0.1) is 18.9 Å². The molecule has 3 unspecified atom stereocenters. The predicted molar refractivity (Wildman–Crippen MR) is 176 cm³/mol. The molecule has 2 rings (SSSR count). The number of rotatable bonds is 1. The predicted octanol–water partition coefficient (Wildman–Crippen LogP) is 9.06. The van der Waals surface area contributed by atoms with Crippen molar-refractivity contribution in [2.45, 2.75) is 127 Å². The van der Waals surface area contributed by atoms with E-state index in [2.05, 4.69) is 92.8 Å². The number of hydrogen-bond acceptors (Lipinski definition) is 3. The largest absolute Gasteiger partial charge is 0.352 e. The van der Waals surface area contributed by atoms with E-state index in [9.17, 15) is 4.79 Å². The lowest BCUT2D eigenvalue weighted by Crippen LogP contribution is -2.41. The van der Waals surface area contributed by atoms with Crippen LogP contribution in [0.1, 0.15) is 110 Å². The fraction of sp³-hybridized carbons (Fsp3) is 0.735. The summed E-state index contributed by atoms with van der Waals surface area (Å²) >= 11 is 2.03. The molecule has 0 aromatic heterocycles. The molecule has 0 aromatic rings. The lowest BCUT2D eigenvalue weighted by atomic mass is 9.84. The van der Waals surface area contributed by atoms with Gasteiger partial charge in [-0.2, -0.15) is 11.8 Å². The van der Waals surface area contributed by atoms with E-state index >= 15 is 0 Å². The Balaban J connectivity index is -0.000000429. The number of allylic oxidation sites excluding steroid dienone is 4. The molecule has 2 fully saturated rings. The molecule has 0 spiro atoms. The monoisotopic (exact) mass is 548 g/mol. The van der Waals surface area contributed by atoms with E-state index in [-0.39, 0.29) is 16.9 Å². The van der Waals surface area contributed by atoms with E-state index in [0.717, 1.165) is 12.2 Å². The summed E-state index contributed by atoms with van der Waals surface area (Å²) in [4.78, 5) is 11.2. The fourth-order valence-corrected chi connectivity index (χ4v) is 4.47. The molecule has 1 amide bonds. The quantitative estimate of drug-likeness (QED) is 0.195. The number of nitrogens with one attached hydrogen (secondary N) is 1. The van der Waals surface area contributed by atoms with Crippen LogP contribution in [0.5, 0.6) is 0 Å². The number of nitrogens with two attached hydrogens (primary N) is 1. The normalized spacial score (nSPS) is 20.9. The number of fused-ring (bicyclic) bond motifs is 1. The highest BCUT2D eigenvalue weighted by molar-refractivity contribution is 8.00. The van der Waals surface area contributed by atoms with Gasteiger partial charge in [0.05, 0.1) is 0 Å². The molecule has 2 heterocycles. The van der Waals surface area contributed by atoms with Crippen molar-refractivity contribution in [3.8, 4) is 12.3 Å². The van der Waals surface area contributed by atoms with Crippen molar-refractivity contribution in [3.05, 3.63) is 37.5 Å². The Labute approximate surface area is 243 Å². The summed E-state index contributed by atoms with van der Waals surface area (Å²) in [6.07, 6.45) is 13.6. The lowest BCUT2D eigenvalue weighted by molar-refractivity contribution is -0.119. The highest BCUT2D eigenvalue weighted by Gasteiger charge is 2.47. The molecular weight excluding hydrogens is 484 g/mol. The van der Waals surface area contributed by atoms with E-state index in [0.29, 0.717) is 33.5 Å². The van der Waals surface area contributed by atoms with Crippen molar-refractivity contribution in [2.75, 3.05) is 5.75 Å². The molecule has 2 saturated heterocycles. The summed E-state index contributed by atoms with van der Waals surface area (Å²) in [5.41, 5.74) is 6.34. The molecule has 0 radical (unpaired) electrons. The topological polar surface area (TPSA) is 55.1 Å². The van der Waals surface area contributed by atoms with E-state index in [1.54, 1.807) is 6.08 Å². The van der Waals surface area contributed by atoms with E-state index < -0.39 is 0 Å². The van der Waals surface area contributed by atoms with Gasteiger partial charge in [0.25, 0.3) is 0 Å². The molecule has 2 aliphatic rings. The Kier molecular flexibility index (Phi) is 18.7. The molecule has 0 aliphatic carbocycles. The van der Waals surface area contributed by atoms with Crippen molar-refractivity contribution in [2.24, 2.45) is 33.3 Å². The number of terminal acetylenes is 1. The van der Waals surface area contributed by atoms with Gasteiger partial charge in [-0.1, -0.05) is 93.2 Å². The average molecular weight is 549 g/mol. The van der Waals surface area contributed by atoms with Gasteiger partial charge in [0.2, 0.25) is 5.91 Å². The molecule has 3 N–H and O–H groups in total. The maximum atomic E-state index is 11.2. The summed E-state index contributed by atoms with van der Waals surface area (Å²) in [7, 11) is 0. The van der Waals surface area contributed by atoms with Gasteiger partial charge < -0.3 is 11.1 Å². The van der Waals surface area contributed by atoms with Gasteiger partial charge in [0, 0.05) is 28.7 Å². The molecule has 0 aromatic carbocycles. The molecule has 2 aliphatic heterocycles. The zero-order valence-corrected chi connectivity index (χ0v) is 28.7. The summed E-state index contributed by atoms with van der Waals surface area (Å²) in [5, 5.41) is 3.71. The second kappa shape index (κ2) is 17.3. The van der Waals surface area contributed by atoms with E-state index in [4.69, 9.17) is 12.2 Å². The van der Waals surface area contributed by atoms with E-state index in [1.807, 2.05) is 65.5 Å². The third kappa shape index (κ3) is 29.1. The SMILES string of the molecule is C#CC(C)(C)C.C=C/C=C\C(C)(C)C.C=CC(C)(C)C.CC(C)(C)C1SCC2CC(=O)NC21.CC(C)(C)N. The maximum Gasteiger partial charge on any atom is 0.220 e. The minimum absolute atomic E-state index is 0. The summed E-state index contributed by atoms with van der Waals surface area (Å²) in [5.74, 6) is 4.62. The number of amides is 1. The molecule has 0 saturated carbocycles. The van der Waals surface area contributed by atoms with Crippen LogP contribution in [0.4, 0.5) is 0 Å². The van der Waals surface area contributed by atoms with Crippen molar-refractivity contribution in [1.29, 1.82) is 0 Å². The van der Waals surface area contributed by atoms with Gasteiger partial charge in [-0.25, -0.2) is 0 Å². The Bertz CT molecular complexity index is 747. The Hall–Kier alpha value is -1.44. The second-order valence-electron chi connectivity index (χ2n) is 15.5. The number of carbonyl (C=O) groups is 1. The Morgan fingerprint density at radius 3 is 1.55 bits per heavy atom. The van der Waals surface area contributed by atoms with Gasteiger partial charge in [-0.05, 0) is 69.5 Å². The Morgan fingerprint density at radius 2 is 1.32 bits per heavy atom. The number of hydrogen-bond donors (Lipinski definition) is 2. The Morgan fingerprint density at radius 1 is 0.921 bits per heavy atom. The molecule has 0 bridgehead atoms. The van der Waals surface area contributed by atoms with Crippen LogP contribution in [0, 0.1) is 39.9 Å². The van der Waals surface area contributed by atoms with Crippen LogP contribution in [-0.4, -0.2) is 28.5 Å². The fourth-order valence-electron chi connectivity index (χ4n) is 2.69. The van der Waals surface area contributed by atoms with Gasteiger partial charge in [0.1, 0.15) is 0 Å². The van der Waals surface area contributed by atoms with Crippen LogP contribution >= 0.6 is 11.8 Å². The van der Waals surface area contributed by atoms with Crippen molar-refractivity contribution in [1.82, 2.24) is 5.32 Å².